The molecule has 0 spiro atoms. The van der Waals surface area contributed by atoms with Crippen molar-refractivity contribution in [3.8, 4) is 0 Å². The second-order valence-electron chi connectivity index (χ2n) is 4.94. The maximum Gasteiger partial charge on any atom is 0.168 e. The Morgan fingerprint density at radius 2 is 1.62 bits per heavy atom. The van der Waals surface area contributed by atoms with Gasteiger partial charge in [0.1, 0.15) is 0 Å². The largest absolute Gasteiger partial charge is 0.294 e. The van der Waals surface area contributed by atoms with Crippen molar-refractivity contribution in [3.63, 3.8) is 0 Å². The highest BCUT2D eigenvalue weighted by atomic mass is 32.2. The van der Waals surface area contributed by atoms with Gasteiger partial charge in [-0.05, 0) is 28.7 Å². The number of hydrogen-bond donors (Lipinski definition) is 0. The zero-order valence-electron chi connectivity index (χ0n) is 11.9. The summed E-state index contributed by atoms with van der Waals surface area (Å²) < 4.78 is 0. The number of ketones is 1. The van der Waals surface area contributed by atoms with Gasteiger partial charge >= 0.3 is 0 Å². The van der Waals surface area contributed by atoms with Crippen molar-refractivity contribution in [2.45, 2.75) is 11.3 Å². The zero-order valence-corrected chi connectivity index (χ0v) is 12.7. The van der Waals surface area contributed by atoms with Crippen molar-refractivity contribution < 1.29 is 4.79 Å². The van der Waals surface area contributed by atoms with E-state index in [0.717, 1.165) is 21.4 Å². The standard InChI is InChI=1S/C19H16OS/c1-21-19-12-5-4-11-17(19)18(20)13-15-9-6-8-14-7-2-3-10-16(14)15/h2-12H,13H2,1H3. The first-order chi connectivity index (χ1) is 10.3. The average molecular weight is 292 g/mol. The van der Waals surface area contributed by atoms with Gasteiger partial charge in [0.25, 0.3) is 0 Å². The molecule has 0 aliphatic carbocycles. The SMILES string of the molecule is CSc1ccccc1C(=O)Cc1cccc2ccccc12. The quantitative estimate of drug-likeness (QED) is 0.498. The van der Waals surface area contributed by atoms with Crippen LogP contribution in [0.1, 0.15) is 15.9 Å². The molecule has 0 aliphatic rings. The van der Waals surface area contributed by atoms with Crippen LogP contribution in [0.3, 0.4) is 0 Å². The molecule has 1 nitrogen and oxygen atoms in total. The third kappa shape index (κ3) is 2.86. The number of thioether (sulfide) groups is 1. The van der Waals surface area contributed by atoms with Crippen molar-refractivity contribution in [2.24, 2.45) is 0 Å². The van der Waals surface area contributed by atoms with Gasteiger partial charge in [0.15, 0.2) is 5.78 Å². The summed E-state index contributed by atoms with van der Waals surface area (Å²) in [5.74, 6) is 0.177. The van der Waals surface area contributed by atoms with E-state index >= 15 is 0 Å². The van der Waals surface area contributed by atoms with Crippen molar-refractivity contribution in [1.29, 1.82) is 0 Å². The van der Waals surface area contributed by atoms with Crippen molar-refractivity contribution in [1.82, 2.24) is 0 Å². The number of benzene rings is 3. The van der Waals surface area contributed by atoms with Gasteiger partial charge in [-0.2, -0.15) is 0 Å². The van der Waals surface area contributed by atoms with E-state index in [1.165, 1.54) is 5.39 Å². The fourth-order valence-corrected chi connectivity index (χ4v) is 3.21. The Morgan fingerprint density at radius 3 is 2.48 bits per heavy atom. The van der Waals surface area contributed by atoms with E-state index in [0.29, 0.717) is 6.42 Å². The summed E-state index contributed by atoms with van der Waals surface area (Å²) >= 11 is 1.62. The summed E-state index contributed by atoms with van der Waals surface area (Å²) in [5, 5.41) is 2.34. The van der Waals surface area contributed by atoms with Crippen LogP contribution >= 0.6 is 11.8 Å². The predicted molar refractivity (Wildman–Crippen MR) is 90.2 cm³/mol. The summed E-state index contributed by atoms with van der Waals surface area (Å²) in [6.45, 7) is 0. The van der Waals surface area contributed by atoms with Gasteiger partial charge in [0.2, 0.25) is 0 Å². The normalized spacial score (nSPS) is 10.7. The van der Waals surface area contributed by atoms with Crippen LogP contribution in [-0.2, 0) is 6.42 Å². The van der Waals surface area contributed by atoms with Gasteiger partial charge < -0.3 is 0 Å². The number of Topliss-reactive ketones (excluding diaryl/α,β-unsaturated/α-hetero) is 1. The predicted octanol–water partition coefficient (Wildman–Crippen LogP) is 4.99. The maximum absolute atomic E-state index is 12.6. The third-order valence-electron chi connectivity index (χ3n) is 3.64. The van der Waals surface area contributed by atoms with E-state index in [2.05, 4.69) is 18.2 Å². The summed E-state index contributed by atoms with van der Waals surface area (Å²) in [6.07, 6.45) is 2.45. The first-order valence-electron chi connectivity index (χ1n) is 6.92. The first-order valence-corrected chi connectivity index (χ1v) is 8.15. The van der Waals surface area contributed by atoms with E-state index < -0.39 is 0 Å². The number of carbonyl (C=O) groups excluding carboxylic acids is 1. The van der Waals surface area contributed by atoms with Gasteiger partial charge in [-0.3, -0.25) is 4.79 Å². The van der Waals surface area contributed by atoms with Crippen molar-refractivity contribution in [3.05, 3.63) is 77.9 Å². The van der Waals surface area contributed by atoms with Crippen LogP contribution < -0.4 is 0 Å². The summed E-state index contributed by atoms with van der Waals surface area (Å²) in [4.78, 5) is 13.7. The minimum atomic E-state index is 0.177. The molecule has 3 aromatic rings. The van der Waals surface area contributed by atoms with Gasteiger partial charge in [0, 0.05) is 16.9 Å². The highest BCUT2D eigenvalue weighted by Crippen LogP contribution is 2.24. The fourth-order valence-electron chi connectivity index (χ4n) is 2.59. The van der Waals surface area contributed by atoms with Crippen LogP contribution in [0.5, 0.6) is 0 Å². The minimum absolute atomic E-state index is 0.177. The molecule has 104 valence electrons. The Labute approximate surface area is 129 Å². The first kappa shape index (κ1) is 13.9. The average Bonchev–Trinajstić information content (AvgIpc) is 2.55. The van der Waals surface area contributed by atoms with Gasteiger partial charge in [-0.1, -0.05) is 60.7 Å². The second kappa shape index (κ2) is 6.15. The van der Waals surface area contributed by atoms with E-state index in [1.54, 1.807) is 11.8 Å². The molecule has 21 heavy (non-hydrogen) atoms. The lowest BCUT2D eigenvalue weighted by atomic mass is 9.98. The third-order valence-corrected chi connectivity index (χ3v) is 4.43. The lowest BCUT2D eigenvalue weighted by Gasteiger charge is -2.08. The molecule has 0 radical (unpaired) electrons. The fraction of sp³-hybridized carbons (Fsp3) is 0.105. The molecule has 0 saturated heterocycles. The molecule has 0 fully saturated rings. The second-order valence-corrected chi connectivity index (χ2v) is 5.79. The Kier molecular flexibility index (Phi) is 4.07. The Hall–Kier alpha value is -2.06. The van der Waals surface area contributed by atoms with Gasteiger partial charge in [-0.15, -0.1) is 11.8 Å². The highest BCUT2D eigenvalue weighted by molar-refractivity contribution is 7.98. The zero-order chi connectivity index (χ0) is 14.7. The lowest BCUT2D eigenvalue weighted by molar-refractivity contribution is 0.0990. The number of hydrogen-bond acceptors (Lipinski definition) is 2. The molecule has 0 amide bonds. The number of carbonyl (C=O) groups is 1. The monoisotopic (exact) mass is 292 g/mol. The number of rotatable bonds is 4. The molecular weight excluding hydrogens is 276 g/mol. The lowest BCUT2D eigenvalue weighted by Crippen LogP contribution is -2.05. The molecule has 0 unspecified atom stereocenters. The Bertz CT molecular complexity index is 787. The minimum Gasteiger partial charge on any atom is -0.294 e. The van der Waals surface area contributed by atoms with Crippen LogP contribution in [0, 0.1) is 0 Å². The molecule has 0 heterocycles. The maximum atomic E-state index is 12.6. The molecule has 0 saturated carbocycles. The van der Waals surface area contributed by atoms with Crippen molar-refractivity contribution in [2.75, 3.05) is 6.26 Å². The van der Waals surface area contributed by atoms with Crippen LogP contribution in [0.15, 0.2) is 71.6 Å². The summed E-state index contributed by atoms with van der Waals surface area (Å²) in [5.41, 5.74) is 1.91. The molecule has 0 N–H and O–H groups in total. The smallest absolute Gasteiger partial charge is 0.168 e. The van der Waals surface area contributed by atoms with Crippen molar-refractivity contribution >= 4 is 28.3 Å². The van der Waals surface area contributed by atoms with Crippen LogP contribution in [-0.4, -0.2) is 12.0 Å². The molecule has 3 rings (SSSR count). The topological polar surface area (TPSA) is 17.1 Å². The molecular formula is C19H16OS. The molecule has 3 aromatic carbocycles. The summed E-state index contributed by atoms with van der Waals surface area (Å²) in [6, 6.07) is 22.2. The summed E-state index contributed by atoms with van der Waals surface area (Å²) in [7, 11) is 0. The number of fused-ring (bicyclic) bond motifs is 1. The Morgan fingerprint density at radius 1 is 0.905 bits per heavy atom. The van der Waals surface area contributed by atoms with E-state index in [-0.39, 0.29) is 5.78 Å². The van der Waals surface area contributed by atoms with E-state index in [4.69, 9.17) is 0 Å². The van der Waals surface area contributed by atoms with E-state index in [9.17, 15) is 4.79 Å². The van der Waals surface area contributed by atoms with Crippen LogP contribution in [0.4, 0.5) is 0 Å². The molecule has 0 aliphatic heterocycles. The van der Waals surface area contributed by atoms with Gasteiger partial charge in [0.05, 0.1) is 0 Å². The van der Waals surface area contributed by atoms with E-state index in [1.807, 2.05) is 54.8 Å². The van der Waals surface area contributed by atoms with Crippen LogP contribution in [0.2, 0.25) is 0 Å². The Balaban J connectivity index is 1.97. The van der Waals surface area contributed by atoms with Gasteiger partial charge in [-0.25, -0.2) is 0 Å². The molecule has 0 aromatic heterocycles. The molecule has 0 atom stereocenters. The molecule has 0 bridgehead atoms. The van der Waals surface area contributed by atoms with Crippen LogP contribution in [0.25, 0.3) is 10.8 Å². The highest BCUT2D eigenvalue weighted by Gasteiger charge is 2.12. The molecule has 2 heteroatoms.